The third kappa shape index (κ3) is 6.73. The van der Waals surface area contributed by atoms with Gasteiger partial charge in [0.2, 0.25) is 0 Å². The summed E-state index contributed by atoms with van der Waals surface area (Å²) in [5.41, 5.74) is 3.34. The van der Waals surface area contributed by atoms with Crippen LogP contribution in [0.2, 0.25) is 0 Å². The molecule has 0 unspecified atom stereocenters. The molecule has 168 valence electrons. The van der Waals surface area contributed by atoms with E-state index in [1.165, 1.54) is 31.5 Å². The number of methoxy groups -OCH3 is 1. The molecular weight excluding hydrogens is 429 g/mol. The van der Waals surface area contributed by atoms with Crippen LogP contribution in [0.25, 0.3) is 0 Å². The number of rotatable bonds is 8. The van der Waals surface area contributed by atoms with Gasteiger partial charge in [-0.2, -0.15) is 5.10 Å². The Balaban J connectivity index is 1.53. The van der Waals surface area contributed by atoms with E-state index in [4.69, 9.17) is 9.47 Å². The monoisotopic (exact) mass is 449 g/mol. The Labute approximate surface area is 189 Å². The lowest BCUT2D eigenvalue weighted by molar-refractivity contribution is -0.120. The van der Waals surface area contributed by atoms with Crippen LogP contribution in [-0.2, 0) is 4.79 Å². The van der Waals surface area contributed by atoms with Crippen molar-refractivity contribution in [3.8, 4) is 11.5 Å². The van der Waals surface area contributed by atoms with Gasteiger partial charge in [0, 0.05) is 5.56 Å². The Kier molecular flexibility index (Phi) is 7.85. The van der Waals surface area contributed by atoms with Gasteiger partial charge in [0.15, 0.2) is 11.5 Å². The van der Waals surface area contributed by atoms with Crippen LogP contribution in [0.5, 0.6) is 11.5 Å². The van der Waals surface area contributed by atoms with E-state index in [0.717, 1.165) is 6.07 Å². The zero-order valence-electron chi connectivity index (χ0n) is 17.6. The Morgan fingerprint density at radius 2 is 1.70 bits per heavy atom. The maximum absolute atomic E-state index is 13.2. The number of hydrazone groups is 1. The highest BCUT2D eigenvalue weighted by atomic mass is 19.1. The van der Waals surface area contributed by atoms with E-state index in [2.05, 4.69) is 15.8 Å². The highest BCUT2D eigenvalue weighted by molar-refractivity contribution is 5.96. The molecule has 0 aromatic heterocycles. The summed E-state index contributed by atoms with van der Waals surface area (Å²) in [6.07, 6.45) is 1.36. The molecule has 0 spiro atoms. The first-order valence-corrected chi connectivity index (χ1v) is 9.77. The number of esters is 1. The minimum absolute atomic E-state index is 0.103. The van der Waals surface area contributed by atoms with Crippen LogP contribution < -0.4 is 20.2 Å². The Bertz CT molecular complexity index is 1180. The molecule has 8 nitrogen and oxygen atoms in total. The molecule has 3 rings (SSSR count). The first-order chi connectivity index (χ1) is 16.0. The number of amides is 2. The van der Waals surface area contributed by atoms with Crippen LogP contribution in [0.1, 0.15) is 26.3 Å². The largest absolute Gasteiger partial charge is 0.493 e. The molecule has 3 aromatic carbocycles. The molecule has 0 aliphatic carbocycles. The molecular formula is C24H20FN3O5. The zero-order valence-corrected chi connectivity index (χ0v) is 17.6. The number of carbonyl (C=O) groups is 3. The molecule has 0 atom stereocenters. The average Bonchev–Trinajstić information content (AvgIpc) is 2.83. The Hall–Kier alpha value is -4.53. The summed E-state index contributed by atoms with van der Waals surface area (Å²) in [4.78, 5) is 36.0. The molecule has 0 heterocycles. The number of nitrogens with one attached hydrogen (secondary N) is 2. The lowest BCUT2D eigenvalue weighted by Gasteiger charge is -2.10. The summed E-state index contributed by atoms with van der Waals surface area (Å²) in [5.74, 6) is -1.70. The molecule has 2 amide bonds. The number of halogens is 1. The molecule has 2 N–H and O–H groups in total. The molecule has 0 bridgehead atoms. The van der Waals surface area contributed by atoms with Crippen molar-refractivity contribution in [2.45, 2.75) is 0 Å². The van der Waals surface area contributed by atoms with E-state index < -0.39 is 23.6 Å². The van der Waals surface area contributed by atoms with Gasteiger partial charge in [-0.3, -0.25) is 9.59 Å². The van der Waals surface area contributed by atoms with Crippen LogP contribution in [0.3, 0.4) is 0 Å². The van der Waals surface area contributed by atoms with E-state index >= 15 is 0 Å². The highest BCUT2D eigenvalue weighted by Crippen LogP contribution is 2.28. The Morgan fingerprint density at radius 3 is 2.42 bits per heavy atom. The van der Waals surface area contributed by atoms with Gasteiger partial charge < -0.3 is 14.8 Å². The van der Waals surface area contributed by atoms with Gasteiger partial charge in [-0.25, -0.2) is 14.6 Å². The second-order valence-corrected chi connectivity index (χ2v) is 6.65. The van der Waals surface area contributed by atoms with E-state index in [1.54, 1.807) is 48.5 Å². The number of ether oxygens (including phenoxy) is 2. The first-order valence-electron chi connectivity index (χ1n) is 9.77. The molecule has 0 fully saturated rings. The Morgan fingerprint density at radius 1 is 0.939 bits per heavy atom. The van der Waals surface area contributed by atoms with Gasteiger partial charge in [0.05, 0.1) is 25.4 Å². The number of hydrogen-bond acceptors (Lipinski definition) is 6. The SMILES string of the molecule is COc1cc(/C=N\NC(=O)CNC(=O)c2cccc(F)c2)ccc1OC(=O)c1ccccc1. The average molecular weight is 449 g/mol. The van der Waals surface area contributed by atoms with Crippen molar-refractivity contribution in [2.24, 2.45) is 5.10 Å². The lowest BCUT2D eigenvalue weighted by atomic mass is 10.2. The number of hydrogen-bond donors (Lipinski definition) is 2. The minimum Gasteiger partial charge on any atom is -0.493 e. The van der Waals surface area contributed by atoms with Gasteiger partial charge in [-0.1, -0.05) is 24.3 Å². The molecule has 33 heavy (non-hydrogen) atoms. The van der Waals surface area contributed by atoms with Gasteiger partial charge in [-0.15, -0.1) is 0 Å². The molecule has 0 saturated heterocycles. The van der Waals surface area contributed by atoms with E-state index in [0.29, 0.717) is 16.9 Å². The summed E-state index contributed by atoms with van der Waals surface area (Å²) < 4.78 is 23.8. The molecule has 0 saturated carbocycles. The summed E-state index contributed by atoms with van der Waals surface area (Å²) in [7, 11) is 1.43. The molecule has 9 heteroatoms. The second-order valence-electron chi connectivity index (χ2n) is 6.65. The third-order valence-corrected chi connectivity index (χ3v) is 4.30. The molecule has 0 radical (unpaired) electrons. The van der Waals surface area contributed by atoms with Gasteiger partial charge in [0.25, 0.3) is 11.8 Å². The van der Waals surface area contributed by atoms with Crippen LogP contribution in [0.4, 0.5) is 4.39 Å². The molecule has 0 aliphatic heterocycles. The zero-order chi connectivity index (χ0) is 23.6. The van der Waals surface area contributed by atoms with Crippen molar-refractivity contribution in [1.29, 1.82) is 0 Å². The van der Waals surface area contributed by atoms with Crippen LogP contribution in [0.15, 0.2) is 77.9 Å². The number of benzene rings is 3. The fraction of sp³-hybridized carbons (Fsp3) is 0.0833. The predicted octanol–water partition coefficient (Wildman–Crippen LogP) is 2.93. The summed E-state index contributed by atoms with van der Waals surface area (Å²) in [6, 6.07) is 18.4. The fourth-order valence-corrected chi connectivity index (χ4v) is 2.69. The number of carbonyl (C=O) groups excluding carboxylic acids is 3. The molecule has 3 aromatic rings. The van der Waals surface area contributed by atoms with Crippen LogP contribution >= 0.6 is 0 Å². The maximum Gasteiger partial charge on any atom is 0.343 e. The van der Waals surface area contributed by atoms with Crippen molar-refractivity contribution in [3.63, 3.8) is 0 Å². The van der Waals surface area contributed by atoms with Crippen LogP contribution in [0, 0.1) is 5.82 Å². The predicted molar refractivity (Wildman–Crippen MR) is 119 cm³/mol. The van der Waals surface area contributed by atoms with E-state index in [9.17, 15) is 18.8 Å². The number of nitrogens with zero attached hydrogens (tertiary/aromatic N) is 1. The van der Waals surface area contributed by atoms with Gasteiger partial charge in [-0.05, 0) is 54.1 Å². The van der Waals surface area contributed by atoms with Crippen molar-refractivity contribution in [1.82, 2.24) is 10.7 Å². The quantitative estimate of drug-likeness (QED) is 0.238. The second kappa shape index (κ2) is 11.2. The first kappa shape index (κ1) is 23.1. The smallest absolute Gasteiger partial charge is 0.343 e. The third-order valence-electron chi connectivity index (χ3n) is 4.30. The van der Waals surface area contributed by atoms with Crippen molar-refractivity contribution in [2.75, 3.05) is 13.7 Å². The summed E-state index contributed by atoms with van der Waals surface area (Å²) in [5, 5.41) is 6.19. The standard InChI is InChI=1S/C24H20FN3O5/c1-32-21-12-16(10-11-20(21)33-24(31)17-6-3-2-4-7-17)14-27-28-22(29)15-26-23(30)18-8-5-9-19(25)13-18/h2-14H,15H2,1H3,(H,26,30)(H,28,29)/b27-14-. The molecule has 0 aliphatic rings. The summed E-state index contributed by atoms with van der Waals surface area (Å²) in [6.45, 7) is -0.343. The normalized spacial score (nSPS) is 10.5. The van der Waals surface area contributed by atoms with Gasteiger partial charge in [0.1, 0.15) is 5.82 Å². The topological polar surface area (TPSA) is 106 Å². The minimum atomic E-state index is -0.584. The van der Waals surface area contributed by atoms with E-state index in [-0.39, 0.29) is 17.9 Å². The van der Waals surface area contributed by atoms with Crippen molar-refractivity contribution in [3.05, 3.63) is 95.3 Å². The van der Waals surface area contributed by atoms with Crippen LogP contribution in [-0.4, -0.2) is 37.7 Å². The fourth-order valence-electron chi connectivity index (χ4n) is 2.69. The van der Waals surface area contributed by atoms with Gasteiger partial charge >= 0.3 is 5.97 Å². The summed E-state index contributed by atoms with van der Waals surface area (Å²) >= 11 is 0. The highest BCUT2D eigenvalue weighted by Gasteiger charge is 2.12. The van der Waals surface area contributed by atoms with Crippen molar-refractivity contribution >= 4 is 24.0 Å². The van der Waals surface area contributed by atoms with Crippen molar-refractivity contribution < 1.29 is 28.2 Å². The maximum atomic E-state index is 13.2. The lowest BCUT2D eigenvalue weighted by Crippen LogP contribution is -2.34. The van der Waals surface area contributed by atoms with E-state index in [1.807, 2.05) is 0 Å².